The van der Waals surface area contributed by atoms with Gasteiger partial charge in [0.1, 0.15) is 5.75 Å². The van der Waals surface area contributed by atoms with Crippen molar-refractivity contribution >= 4 is 34.1 Å². The molecule has 2 amide bonds. The van der Waals surface area contributed by atoms with Crippen molar-refractivity contribution in [2.75, 3.05) is 39.5 Å². The second kappa shape index (κ2) is 13.9. The number of ether oxygens (including phenoxy) is 1. The molecule has 43 heavy (non-hydrogen) atoms. The molecule has 1 spiro atoms. The van der Waals surface area contributed by atoms with Crippen LogP contribution in [0, 0.1) is 5.41 Å². The second-order valence-electron chi connectivity index (χ2n) is 11.5. The van der Waals surface area contributed by atoms with Gasteiger partial charge in [-0.3, -0.25) is 9.59 Å². The number of methoxy groups -OCH3 is 1. The Balaban J connectivity index is 0.00000423. The van der Waals surface area contributed by atoms with Crippen LogP contribution >= 0.6 is 12.4 Å². The highest BCUT2D eigenvalue weighted by molar-refractivity contribution is 7.90. The summed E-state index contributed by atoms with van der Waals surface area (Å²) in [7, 11) is -1.66. The monoisotopic (exact) mass is 625 g/mol. The normalized spacial score (nSPS) is 17.3. The minimum atomic E-state index is -3.24. The van der Waals surface area contributed by atoms with E-state index in [1.807, 2.05) is 47.4 Å². The van der Waals surface area contributed by atoms with Crippen molar-refractivity contribution in [3.63, 3.8) is 0 Å². The standard InChI is InChI=1S/C33H39N3O5S.ClH/c1-41-28-10-6-9-27(23-28)31(37)34-30(26-7-4-3-5-8-26)15-19-35-20-16-33(17-21-35)18-22-36(32(33)38)24-25-11-13-29(14-12-25)42(2,39)40;/h3-14,23,30H,15-22,24H2,1-2H3,(H,34,37);1H. The van der Waals surface area contributed by atoms with Crippen molar-refractivity contribution in [3.8, 4) is 5.75 Å². The number of carbonyl (C=O) groups is 2. The first-order valence-electron chi connectivity index (χ1n) is 14.5. The fourth-order valence-corrected chi connectivity index (χ4v) is 6.73. The van der Waals surface area contributed by atoms with E-state index in [-0.39, 0.29) is 40.6 Å². The summed E-state index contributed by atoms with van der Waals surface area (Å²) < 4.78 is 28.8. The Hall–Kier alpha value is -3.40. The smallest absolute Gasteiger partial charge is 0.251 e. The molecule has 2 saturated heterocycles. The summed E-state index contributed by atoms with van der Waals surface area (Å²) in [5.41, 5.74) is 2.25. The highest BCUT2D eigenvalue weighted by Gasteiger charge is 2.47. The zero-order chi connectivity index (χ0) is 29.7. The maximum atomic E-state index is 13.5. The molecule has 0 aliphatic carbocycles. The first-order chi connectivity index (χ1) is 20.2. The average molecular weight is 626 g/mol. The van der Waals surface area contributed by atoms with Crippen molar-refractivity contribution in [1.82, 2.24) is 15.1 Å². The van der Waals surface area contributed by atoms with Gasteiger partial charge in [-0.2, -0.15) is 0 Å². The number of piperidine rings is 1. The molecule has 1 atom stereocenters. The topological polar surface area (TPSA) is 96.0 Å². The minimum absolute atomic E-state index is 0. The molecule has 10 heteroatoms. The summed E-state index contributed by atoms with van der Waals surface area (Å²) in [5.74, 6) is 0.719. The predicted octanol–water partition coefficient (Wildman–Crippen LogP) is 4.90. The second-order valence-corrected chi connectivity index (χ2v) is 13.5. The Labute approximate surface area is 260 Å². The van der Waals surface area contributed by atoms with Gasteiger partial charge < -0.3 is 19.9 Å². The SMILES string of the molecule is COc1cccc(C(=O)NC(CCN2CCC3(CC2)CCN(Cc2ccc(S(C)(=O)=O)cc2)C3=O)c2ccccc2)c1.Cl. The van der Waals surface area contributed by atoms with Crippen molar-refractivity contribution in [2.24, 2.45) is 5.41 Å². The fourth-order valence-electron chi connectivity index (χ4n) is 6.10. The molecule has 0 saturated carbocycles. The van der Waals surface area contributed by atoms with Crippen LogP contribution in [-0.2, 0) is 21.2 Å². The number of hydrogen-bond acceptors (Lipinski definition) is 6. The van der Waals surface area contributed by atoms with Gasteiger partial charge in [-0.15, -0.1) is 12.4 Å². The molecular weight excluding hydrogens is 586 g/mol. The van der Waals surface area contributed by atoms with E-state index in [1.54, 1.807) is 43.5 Å². The van der Waals surface area contributed by atoms with Gasteiger partial charge in [0.25, 0.3) is 5.91 Å². The molecule has 2 aliphatic heterocycles. The third-order valence-electron chi connectivity index (χ3n) is 8.71. The molecule has 2 aliphatic rings. The number of benzene rings is 3. The molecule has 3 aromatic carbocycles. The molecule has 230 valence electrons. The van der Waals surface area contributed by atoms with E-state index < -0.39 is 9.84 Å². The molecule has 0 aromatic heterocycles. The molecule has 3 aromatic rings. The number of nitrogens with one attached hydrogen (secondary N) is 1. The Morgan fingerprint density at radius 2 is 1.63 bits per heavy atom. The van der Waals surface area contributed by atoms with Crippen molar-refractivity contribution in [2.45, 2.75) is 43.2 Å². The molecule has 1 N–H and O–H groups in total. The third kappa shape index (κ3) is 7.77. The summed E-state index contributed by atoms with van der Waals surface area (Å²) >= 11 is 0. The summed E-state index contributed by atoms with van der Waals surface area (Å²) in [6.45, 7) is 3.72. The highest BCUT2D eigenvalue weighted by atomic mass is 35.5. The molecular formula is C33H40ClN3O5S. The highest BCUT2D eigenvalue weighted by Crippen LogP contribution is 2.42. The van der Waals surface area contributed by atoms with Crippen molar-refractivity contribution < 1.29 is 22.7 Å². The van der Waals surface area contributed by atoms with E-state index in [1.165, 1.54) is 6.26 Å². The van der Waals surface area contributed by atoms with Gasteiger partial charge in [0, 0.05) is 31.5 Å². The number of sulfone groups is 1. The van der Waals surface area contributed by atoms with E-state index in [2.05, 4.69) is 10.2 Å². The summed E-state index contributed by atoms with van der Waals surface area (Å²) in [5, 5.41) is 3.22. The zero-order valence-corrected chi connectivity index (χ0v) is 26.3. The van der Waals surface area contributed by atoms with Crippen molar-refractivity contribution in [1.29, 1.82) is 0 Å². The molecule has 2 heterocycles. The average Bonchev–Trinajstić information content (AvgIpc) is 3.30. The van der Waals surface area contributed by atoms with Gasteiger partial charge in [-0.1, -0.05) is 48.5 Å². The van der Waals surface area contributed by atoms with Crippen LogP contribution in [0.3, 0.4) is 0 Å². The van der Waals surface area contributed by atoms with E-state index >= 15 is 0 Å². The lowest BCUT2D eigenvalue weighted by Gasteiger charge is -2.38. The minimum Gasteiger partial charge on any atom is -0.497 e. The van der Waals surface area contributed by atoms with E-state index in [0.29, 0.717) is 17.9 Å². The number of carbonyl (C=O) groups excluding carboxylic acids is 2. The van der Waals surface area contributed by atoms with Gasteiger partial charge in [0.15, 0.2) is 9.84 Å². The summed E-state index contributed by atoms with van der Waals surface area (Å²) in [4.78, 5) is 31.3. The third-order valence-corrected chi connectivity index (χ3v) is 9.84. The number of likely N-dealkylation sites (tertiary alicyclic amines) is 2. The quantitative estimate of drug-likeness (QED) is 0.345. The van der Waals surface area contributed by atoms with Gasteiger partial charge in [-0.05, 0) is 80.2 Å². The molecule has 8 nitrogen and oxygen atoms in total. The van der Waals surface area contributed by atoms with E-state index in [0.717, 1.165) is 63.0 Å². The summed E-state index contributed by atoms with van der Waals surface area (Å²) in [6, 6.07) is 23.9. The van der Waals surface area contributed by atoms with Crippen LogP contribution in [0.1, 0.15) is 53.2 Å². The van der Waals surface area contributed by atoms with Crippen LogP contribution in [0.15, 0.2) is 83.8 Å². The number of nitrogens with zero attached hydrogens (tertiary/aromatic N) is 2. The van der Waals surface area contributed by atoms with Gasteiger partial charge in [0.05, 0.1) is 23.5 Å². The van der Waals surface area contributed by atoms with E-state index in [9.17, 15) is 18.0 Å². The molecule has 5 rings (SSSR count). The van der Waals surface area contributed by atoms with Crippen LogP contribution in [-0.4, -0.2) is 69.6 Å². The Morgan fingerprint density at radius 3 is 2.28 bits per heavy atom. The largest absolute Gasteiger partial charge is 0.497 e. The lowest BCUT2D eigenvalue weighted by atomic mass is 9.77. The van der Waals surface area contributed by atoms with Crippen LogP contribution in [0.4, 0.5) is 0 Å². The molecule has 0 bridgehead atoms. The number of halogens is 1. The maximum Gasteiger partial charge on any atom is 0.251 e. The van der Waals surface area contributed by atoms with Gasteiger partial charge >= 0.3 is 0 Å². The molecule has 2 fully saturated rings. The maximum absolute atomic E-state index is 13.5. The lowest BCUT2D eigenvalue weighted by molar-refractivity contribution is -0.138. The number of amides is 2. The molecule has 1 unspecified atom stereocenters. The van der Waals surface area contributed by atoms with Crippen LogP contribution in [0.25, 0.3) is 0 Å². The van der Waals surface area contributed by atoms with Crippen LogP contribution in [0.5, 0.6) is 5.75 Å². The zero-order valence-electron chi connectivity index (χ0n) is 24.7. The van der Waals surface area contributed by atoms with Crippen LogP contribution < -0.4 is 10.1 Å². The fraction of sp³-hybridized carbons (Fsp3) is 0.394. The Kier molecular flexibility index (Phi) is 10.5. The van der Waals surface area contributed by atoms with Gasteiger partial charge in [-0.25, -0.2) is 8.42 Å². The first-order valence-corrected chi connectivity index (χ1v) is 16.4. The van der Waals surface area contributed by atoms with Crippen LogP contribution in [0.2, 0.25) is 0 Å². The predicted molar refractivity (Wildman–Crippen MR) is 169 cm³/mol. The Bertz CT molecular complexity index is 1510. The number of hydrogen-bond donors (Lipinski definition) is 1. The number of rotatable bonds is 10. The van der Waals surface area contributed by atoms with Gasteiger partial charge in [0.2, 0.25) is 5.91 Å². The van der Waals surface area contributed by atoms with E-state index in [4.69, 9.17) is 4.74 Å². The first kappa shape index (κ1) is 32.5. The molecule has 0 radical (unpaired) electrons. The van der Waals surface area contributed by atoms with Crippen molar-refractivity contribution in [3.05, 3.63) is 95.6 Å². The lowest BCUT2D eigenvalue weighted by Crippen LogP contribution is -2.45. The summed E-state index contributed by atoms with van der Waals surface area (Å²) in [6.07, 6.45) is 4.45. The Morgan fingerprint density at radius 1 is 0.953 bits per heavy atom.